The lowest BCUT2D eigenvalue weighted by Crippen LogP contribution is -2.27. The summed E-state index contributed by atoms with van der Waals surface area (Å²) in [6.07, 6.45) is 0.844. The number of nitrogens with one attached hydrogen (secondary N) is 1. The first-order chi connectivity index (χ1) is 7.50. The van der Waals surface area contributed by atoms with E-state index >= 15 is 0 Å². The Morgan fingerprint density at radius 1 is 1.62 bits per heavy atom. The van der Waals surface area contributed by atoms with Crippen LogP contribution in [-0.4, -0.2) is 28.6 Å². The van der Waals surface area contributed by atoms with Gasteiger partial charge in [-0.1, -0.05) is 11.6 Å². The Balaban J connectivity index is 2.65. The number of amides is 1. The van der Waals surface area contributed by atoms with Crippen LogP contribution in [0.3, 0.4) is 0 Å². The molecule has 0 spiro atoms. The Labute approximate surface area is 93.9 Å². The normalized spacial score (nSPS) is 9.88. The molecule has 1 heterocycles. The molecule has 0 aliphatic rings. The summed E-state index contributed by atoms with van der Waals surface area (Å²) in [6.45, 7) is -0.716. The predicted molar refractivity (Wildman–Crippen MR) is 50.3 cm³/mol. The fourth-order valence-electron chi connectivity index (χ4n) is 0.800. The summed E-state index contributed by atoms with van der Waals surface area (Å²) in [6, 6.07) is 0.856. The van der Waals surface area contributed by atoms with Gasteiger partial charge >= 0.3 is 5.97 Å². The van der Waals surface area contributed by atoms with E-state index in [1.54, 1.807) is 5.48 Å². The summed E-state index contributed by atoms with van der Waals surface area (Å²) < 4.78 is 12.7. The average molecular weight is 249 g/mol. The van der Waals surface area contributed by atoms with E-state index in [1.807, 2.05) is 0 Å². The number of aromatic nitrogens is 1. The summed E-state index contributed by atoms with van der Waals surface area (Å²) in [4.78, 5) is 29.0. The maximum absolute atomic E-state index is 12.7. The van der Waals surface area contributed by atoms with Gasteiger partial charge in [0.1, 0.15) is 11.0 Å². The molecule has 0 saturated heterocycles. The van der Waals surface area contributed by atoms with E-state index in [2.05, 4.69) is 9.82 Å². The third-order valence-electron chi connectivity index (χ3n) is 1.41. The highest BCUT2D eigenvalue weighted by molar-refractivity contribution is 6.32. The van der Waals surface area contributed by atoms with Gasteiger partial charge in [0.05, 0.1) is 11.8 Å². The van der Waals surface area contributed by atoms with Crippen LogP contribution in [0.1, 0.15) is 10.4 Å². The van der Waals surface area contributed by atoms with Crippen molar-refractivity contribution in [3.8, 4) is 0 Å². The molecule has 0 aliphatic carbocycles. The van der Waals surface area contributed by atoms with Gasteiger partial charge in [-0.05, 0) is 6.07 Å². The highest BCUT2D eigenvalue weighted by atomic mass is 35.5. The second kappa shape index (κ2) is 5.38. The first-order valence-corrected chi connectivity index (χ1v) is 4.33. The van der Waals surface area contributed by atoms with Gasteiger partial charge in [-0.3, -0.25) is 9.63 Å². The lowest BCUT2D eigenvalue weighted by molar-refractivity contribution is -0.144. The van der Waals surface area contributed by atoms with E-state index < -0.39 is 24.3 Å². The largest absolute Gasteiger partial charge is 0.479 e. The number of carboxylic acids is 1. The molecule has 86 valence electrons. The molecule has 6 nitrogen and oxygen atoms in total. The second-order valence-electron chi connectivity index (χ2n) is 2.61. The Kier molecular flexibility index (Phi) is 4.15. The molecule has 1 aromatic rings. The van der Waals surface area contributed by atoms with Crippen molar-refractivity contribution < 1.29 is 23.9 Å². The van der Waals surface area contributed by atoms with Gasteiger partial charge in [0.2, 0.25) is 0 Å². The third kappa shape index (κ3) is 3.44. The molecule has 8 heteroatoms. The van der Waals surface area contributed by atoms with Crippen molar-refractivity contribution in [2.45, 2.75) is 0 Å². The molecular weight excluding hydrogens is 243 g/mol. The monoisotopic (exact) mass is 248 g/mol. The smallest absolute Gasteiger partial charge is 0.332 e. The number of carbonyl (C=O) groups excluding carboxylic acids is 1. The molecule has 0 atom stereocenters. The van der Waals surface area contributed by atoms with Crippen molar-refractivity contribution in [3.05, 3.63) is 28.8 Å². The highest BCUT2D eigenvalue weighted by Gasteiger charge is 2.13. The third-order valence-corrected chi connectivity index (χ3v) is 1.71. The number of hydroxylamine groups is 1. The van der Waals surface area contributed by atoms with Crippen molar-refractivity contribution in [1.29, 1.82) is 0 Å². The molecule has 0 unspecified atom stereocenters. The van der Waals surface area contributed by atoms with Gasteiger partial charge in [0.25, 0.3) is 5.91 Å². The predicted octanol–water partition coefficient (Wildman–Crippen LogP) is 0.620. The van der Waals surface area contributed by atoms with Gasteiger partial charge < -0.3 is 5.11 Å². The van der Waals surface area contributed by atoms with Crippen LogP contribution in [0.25, 0.3) is 0 Å². The zero-order valence-corrected chi connectivity index (χ0v) is 8.49. The first-order valence-electron chi connectivity index (χ1n) is 3.95. The van der Waals surface area contributed by atoms with Crippen LogP contribution < -0.4 is 5.48 Å². The zero-order chi connectivity index (χ0) is 12.1. The van der Waals surface area contributed by atoms with Crippen molar-refractivity contribution in [2.75, 3.05) is 6.61 Å². The Bertz CT molecular complexity index is 426. The summed E-state index contributed by atoms with van der Waals surface area (Å²) in [7, 11) is 0. The summed E-state index contributed by atoms with van der Waals surface area (Å²) in [5.74, 6) is -2.88. The number of carboxylic acid groups (broad SMARTS) is 1. The average Bonchev–Trinajstić information content (AvgIpc) is 2.21. The zero-order valence-electron chi connectivity index (χ0n) is 7.74. The molecule has 2 N–H and O–H groups in total. The number of nitrogens with zero attached hydrogens (tertiary/aromatic N) is 1. The number of pyridine rings is 1. The van der Waals surface area contributed by atoms with E-state index in [1.165, 1.54) is 0 Å². The lowest BCUT2D eigenvalue weighted by atomic mass is 10.3. The number of carbonyl (C=O) groups is 2. The van der Waals surface area contributed by atoms with Crippen LogP contribution in [0, 0.1) is 5.82 Å². The fourth-order valence-corrected chi connectivity index (χ4v) is 0.989. The molecule has 0 aromatic carbocycles. The maximum atomic E-state index is 12.7. The molecule has 0 fully saturated rings. The molecule has 0 saturated carbocycles. The van der Waals surface area contributed by atoms with Crippen LogP contribution in [0.15, 0.2) is 12.3 Å². The molecule has 0 aliphatic heterocycles. The number of hydrogen-bond acceptors (Lipinski definition) is 4. The minimum Gasteiger partial charge on any atom is -0.479 e. The summed E-state index contributed by atoms with van der Waals surface area (Å²) >= 11 is 5.52. The van der Waals surface area contributed by atoms with E-state index in [0.29, 0.717) is 0 Å². The number of halogens is 2. The Morgan fingerprint density at radius 2 is 2.31 bits per heavy atom. The molecule has 0 bridgehead atoms. The second-order valence-corrected chi connectivity index (χ2v) is 2.96. The fraction of sp³-hybridized carbons (Fsp3) is 0.125. The first kappa shape index (κ1) is 12.3. The van der Waals surface area contributed by atoms with Crippen LogP contribution in [0.4, 0.5) is 4.39 Å². The van der Waals surface area contributed by atoms with Crippen LogP contribution in [0.2, 0.25) is 5.15 Å². The lowest BCUT2D eigenvalue weighted by Gasteiger charge is -2.04. The highest BCUT2D eigenvalue weighted by Crippen LogP contribution is 2.13. The number of rotatable bonds is 4. The minimum absolute atomic E-state index is 0.210. The van der Waals surface area contributed by atoms with Gasteiger partial charge in [-0.15, -0.1) is 0 Å². The summed E-state index contributed by atoms with van der Waals surface area (Å²) in [5, 5.41) is 8.01. The van der Waals surface area contributed by atoms with E-state index in [-0.39, 0.29) is 10.7 Å². The van der Waals surface area contributed by atoms with Crippen molar-refractivity contribution in [1.82, 2.24) is 10.5 Å². The number of hydrogen-bond donors (Lipinski definition) is 2. The van der Waals surface area contributed by atoms with E-state index in [0.717, 1.165) is 12.3 Å². The topological polar surface area (TPSA) is 88.5 Å². The van der Waals surface area contributed by atoms with E-state index in [9.17, 15) is 14.0 Å². The molecule has 0 radical (unpaired) electrons. The Hall–Kier alpha value is -1.73. The van der Waals surface area contributed by atoms with Gasteiger partial charge in [0.15, 0.2) is 6.61 Å². The molecule has 1 rings (SSSR count). The van der Waals surface area contributed by atoms with Gasteiger partial charge in [-0.25, -0.2) is 19.6 Å². The quantitative estimate of drug-likeness (QED) is 0.602. The molecular formula is C8H6ClFN2O4. The van der Waals surface area contributed by atoms with Gasteiger partial charge in [0, 0.05) is 0 Å². The summed E-state index contributed by atoms with van der Waals surface area (Å²) in [5.41, 5.74) is 1.54. The van der Waals surface area contributed by atoms with Crippen molar-refractivity contribution >= 4 is 23.5 Å². The van der Waals surface area contributed by atoms with Gasteiger partial charge in [-0.2, -0.15) is 0 Å². The SMILES string of the molecule is O=C(O)CONC(=O)c1cc(F)cnc1Cl. The van der Waals surface area contributed by atoms with Crippen molar-refractivity contribution in [2.24, 2.45) is 0 Å². The molecule has 16 heavy (non-hydrogen) atoms. The number of aliphatic carboxylic acids is 1. The van der Waals surface area contributed by atoms with Crippen LogP contribution >= 0.6 is 11.6 Å². The minimum atomic E-state index is -1.26. The Morgan fingerprint density at radius 3 is 2.94 bits per heavy atom. The molecule has 1 aromatic heterocycles. The van der Waals surface area contributed by atoms with Crippen molar-refractivity contribution in [3.63, 3.8) is 0 Å². The maximum Gasteiger partial charge on any atom is 0.332 e. The molecule has 1 amide bonds. The van der Waals surface area contributed by atoms with Crippen LogP contribution in [-0.2, 0) is 9.63 Å². The van der Waals surface area contributed by atoms with E-state index in [4.69, 9.17) is 16.7 Å². The van der Waals surface area contributed by atoms with Crippen LogP contribution in [0.5, 0.6) is 0 Å². The standard InChI is InChI=1S/C8H6ClFN2O4/c9-7-5(1-4(10)2-11-7)8(15)12-16-3-6(13)14/h1-2H,3H2,(H,12,15)(H,13,14).